The van der Waals surface area contributed by atoms with Crippen LogP contribution in [0, 0.1) is 0 Å². The summed E-state index contributed by atoms with van der Waals surface area (Å²) in [7, 11) is 0. The summed E-state index contributed by atoms with van der Waals surface area (Å²) >= 11 is 1.90. The molecule has 108 valence electrons. The third-order valence-electron chi connectivity index (χ3n) is 3.33. The first-order chi connectivity index (χ1) is 9.79. The molecule has 1 aliphatic rings. The molecule has 0 atom stereocenters. The van der Waals surface area contributed by atoms with Gasteiger partial charge in [-0.15, -0.1) is 18.3 Å². The Bertz CT molecular complexity index is 456. The van der Waals surface area contributed by atoms with E-state index < -0.39 is 0 Å². The second kappa shape index (κ2) is 8.12. The van der Waals surface area contributed by atoms with Crippen LogP contribution in [0.1, 0.15) is 25.7 Å². The molecule has 0 unspecified atom stereocenters. The van der Waals surface area contributed by atoms with E-state index in [1.807, 2.05) is 30.0 Å². The molecule has 0 radical (unpaired) electrons. The number of nitrogens with one attached hydrogen (secondary N) is 2. The summed E-state index contributed by atoms with van der Waals surface area (Å²) in [5.74, 6) is -0.00804. The minimum absolute atomic E-state index is 0.00804. The van der Waals surface area contributed by atoms with Gasteiger partial charge in [-0.2, -0.15) is 0 Å². The van der Waals surface area contributed by atoms with E-state index in [1.54, 1.807) is 6.08 Å². The molecule has 1 aliphatic carbocycles. The van der Waals surface area contributed by atoms with Gasteiger partial charge in [0.05, 0.1) is 12.2 Å². The molecule has 0 aromatic heterocycles. The van der Waals surface area contributed by atoms with Crippen molar-refractivity contribution in [3.8, 4) is 0 Å². The maximum atomic E-state index is 11.9. The maximum Gasteiger partial charge on any atom is 0.238 e. The van der Waals surface area contributed by atoms with Crippen LogP contribution in [0.15, 0.2) is 41.8 Å². The monoisotopic (exact) mass is 290 g/mol. The molecular formula is C16H22N2OS. The lowest BCUT2D eigenvalue weighted by molar-refractivity contribution is -0.115. The quantitative estimate of drug-likeness (QED) is 0.597. The Hall–Kier alpha value is -1.26. The van der Waals surface area contributed by atoms with Crippen molar-refractivity contribution in [2.45, 2.75) is 35.8 Å². The van der Waals surface area contributed by atoms with Crippen molar-refractivity contribution in [1.29, 1.82) is 0 Å². The van der Waals surface area contributed by atoms with Crippen molar-refractivity contribution in [3.05, 3.63) is 36.9 Å². The molecule has 1 amide bonds. The van der Waals surface area contributed by atoms with E-state index in [9.17, 15) is 4.79 Å². The Morgan fingerprint density at radius 3 is 2.85 bits per heavy atom. The Kier molecular flexibility index (Phi) is 6.15. The van der Waals surface area contributed by atoms with Gasteiger partial charge in [0.15, 0.2) is 0 Å². The fourth-order valence-electron chi connectivity index (χ4n) is 2.34. The van der Waals surface area contributed by atoms with Crippen LogP contribution in [-0.4, -0.2) is 24.2 Å². The fourth-order valence-corrected chi connectivity index (χ4v) is 3.67. The van der Waals surface area contributed by atoms with Gasteiger partial charge in [0.25, 0.3) is 0 Å². The van der Waals surface area contributed by atoms with Gasteiger partial charge < -0.3 is 10.6 Å². The number of amides is 1. The van der Waals surface area contributed by atoms with Crippen LogP contribution in [0.4, 0.5) is 5.69 Å². The average Bonchev–Trinajstić information content (AvgIpc) is 2.94. The van der Waals surface area contributed by atoms with Crippen molar-refractivity contribution in [2.75, 3.05) is 18.4 Å². The largest absolute Gasteiger partial charge is 0.324 e. The number of carbonyl (C=O) groups is 1. The van der Waals surface area contributed by atoms with Crippen molar-refractivity contribution >= 4 is 23.4 Å². The summed E-state index contributed by atoms with van der Waals surface area (Å²) in [5, 5.41) is 6.70. The van der Waals surface area contributed by atoms with E-state index >= 15 is 0 Å². The van der Waals surface area contributed by atoms with Gasteiger partial charge >= 0.3 is 0 Å². The van der Waals surface area contributed by atoms with Crippen molar-refractivity contribution < 1.29 is 4.79 Å². The van der Waals surface area contributed by atoms with Crippen LogP contribution >= 0.6 is 11.8 Å². The van der Waals surface area contributed by atoms with E-state index in [2.05, 4.69) is 23.3 Å². The lowest BCUT2D eigenvalue weighted by Crippen LogP contribution is -2.28. The topological polar surface area (TPSA) is 41.1 Å². The number of anilines is 1. The molecule has 0 spiro atoms. The predicted molar refractivity (Wildman–Crippen MR) is 86.3 cm³/mol. The van der Waals surface area contributed by atoms with Crippen LogP contribution in [0.25, 0.3) is 0 Å². The number of rotatable bonds is 7. The Balaban J connectivity index is 1.92. The van der Waals surface area contributed by atoms with Crippen LogP contribution in [-0.2, 0) is 4.79 Å². The molecule has 4 heteroatoms. The second-order valence-electron chi connectivity index (χ2n) is 4.99. The van der Waals surface area contributed by atoms with E-state index in [0.29, 0.717) is 18.3 Å². The van der Waals surface area contributed by atoms with E-state index in [-0.39, 0.29) is 5.91 Å². The summed E-state index contributed by atoms with van der Waals surface area (Å²) in [5.41, 5.74) is 0.926. The van der Waals surface area contributed by atoms with E-state index in [1.165, 1.54) is 30.6 Å². The molecular weight excluding hydrogens is 268 g/mol. The molecule has 1 aromatic carbocycles. The zero-order valence-electron chi connectivity index (χ0n) is 11.7. The van der Waals surface area contributed by atoms with Crippen LogP contribution in [0.3, 0.4) is 0 Å². The summed E-state index contributed by atoms with van der Waals surface area (Å²) < 4.78 is 0. The third kappa shape index (κ3) is 4.69. The van der Waals surface area contributed by atoms with Crippen LogP contribution in [0.5, 0.6) is 0 Å². The first-order valence-corrected chi connectivity index (χ1v) is 8.04. The zero-order valence-corrected chi connectivity index (χ0v) is 12.5. The highest BCUT2D eigenvalue weighted by Gasteiger charge is 2.17. The third-order valence-corrected chi connectivity index (χ3v) is 4.75. The SMILES string of the molecule is C=CCNCC(=O)Nc1ccccc1SC1CCCC1. The fraction of sp³-hybridized carbons (Fsp3) is 0.438. The molecule has 3 nitrogen and oxygen atoms in total. The minimum Gasteiger partial charge on any atom is -0.324 e. The molecule has 20 heavy (non-hydrogen) atoms. The van der Waals surface area contributed by atoms with Gasteiger partial charge in [0.1, 0.15) is 0 Å². The number of carbonyl (C=O) groups excluding carboxylic acids is 1. The minimum atomic E-state index is -0.00804. The number of hydrogen-bond donors (Lipinski definition) is 2. The Labute approximate surface area is 125 Å². The van der Waals surface area contributed by atoms with Gasteiger partial charge in [-0.3, -0.25) is 4.79 Å². The smallest absolute Gasteiger partial charge is 0.238 e. The van der Waals surface area contributed by atoms with E-state index in [4.69, 9.17) is 0 Å². The highest BCUT2D eigenvalue weighted by atomic mass is 32.2. The van der Waals surface area contributed by atoms with E-state index in [0.717, 1.165) is 5.69 Å². The number of benzene rings is 1. The van der Waals surface area contributed by atoms with Crippen LogP contribution in [0.2, 0.25) is 0 Å². The summed E-state index contributed by atoms with van der Waals surface area (Å²) in [6, 6.07) is 8.06. The molecule has 0 heterocycles. The summed E-state index contributed by atoms with van der Waals surface area (Å²) in [6.07, 6.45) is 6.98. The zero-order chi connectivity index (χ0) is 14.2. The molecule has 1 saturated carbocycles. The van der Waals surface area contributed by atoms with Gasteiger partial charge in [-0.05, 0) is 25.0 Å². The first kappa shape index (κ1) is 15.1. The second-order valence-corrected chi connectivity index (χ2v) is 6.33. The standard InChI is InChI=1S/C16H22N2OS/c1-2-11-17-12-16(19)18-14-9-5-6-10-15(14)20-13-7-3-4-8-13/h2,5-6,9-10,13,17H,1,3-4,7-8,11-12H2,(H,18,19). The lowest BCUT2D eigenvalue weighted by Gasteiger charge is -2.14. The average molecular weight is 290 g/mol. The predicted octanol–water partition coefficient (Wildman–Crippen LogP) is 3.44. The van der Waals surface area contributed by atoms with Gasteiger partial charge in [0.2, 0.25) is 5.91 Å². The maximum absolute atomic E-state index is 11.9. The highest BCUT2D eigenvalue weighted by molar-refractivity contribution is 8.00. The van der Waals surface area contributed by atoms with Gasteiger partial charge in [0, 0.05) is 16.7 Å². The van der Waals surface area contributed by atoms with Crippen molar-refractivity contribution in [2.24, 2.45) is 0 Å². The lowest BCUT2D eigenvalue weighted by atomic mass is 10.3. The Morgan fingerprint density at radius 1 is 1.35 bits per heavy atom. The summed E-state index contributed by atoms with van der Waals surface area (Å²) in [4.78, 5) is 13.0. The molecule has 2 rings (SSSR count). The molecule has 0 aliphatic heterocycles. The molecule has 2 N–H and O–H groups in total. The van der Waals surface area contributed by atoms with Crippen molar-refractivity contribution in [1.82, 2.24) is 5.32 Å². The number of thioether (sulfide) groups is 1. The summed E-state index contributed by atoms with van der Waals surface area (Å²) in [6.45, 7) is 4.57. The van der Waals surface area contributed by atoms with Gasteiger partial charge in [-0.25, -0.2) is 0 Å². The normalized spacial score (nSPS) is 15.2. The van der Waals surface area contributed by atoms with Crippen molar-refractivity contribution in [3.63, 3.8) is 0 Å². The molecule has 1 fully saturated rings. The Morgan fingerprint density at radius 2 is 2.10 bits per heavy atom. The molecule has 1 aromatic rings. The number of hydrogen-bond acceptors (Lipinski definition) is 3. The van der Waals surface area contributed by atoms with Crippen LogP contribution < -0.4 is 10.6 Å². The van der Waals surface area contributed by atoms with Gasteiger partial charge in [-0.1, -0.05) is 31.1 Å². The first-order valence-electron chi connectivity index (χ1n) is 7.16. The molecule has 0 bridgehead atoms. The molecule has 0 saturated heterocycles. The number of para-hydroxylation sites is 1. The highest BCUT2D eigenvalue weighted by Crippen LogP contribution is 2.37.